The van der Waals surface area contributed by atoms with Gasteiger partial charge >= 0.3 is 0 Å². The number of benzene rings is 2. The number of nitrogens with one attached hydrogen (secondary N) is 2. The molecule has 0 bridgehead atoms. The van der Waals surface area contributed by atoms with Crippen molar-refractivity contribution in [1.29, 1.82) is 0 Å². The molecule has 2 aromatic heterocycles. The van der Waals surface area contributed by atoms with Gasteiger partial charge in [-0.05, 0) is 42.0 Å². The van der Waals surface area contributed by atoms with Crippen LogP contribution in [0.3, 0.4) is 0 Å². The molecule has 30 heavy (non-hydrogen) atoms. The predicted octanol–water partition coefficient (Wildman–Crippen LogP) is 3.81. The van der Waals surface area contributed by atoms with Crippen LogP contribution in [0, 0.1) is 5.82 Å². The number of halogens is 2. The Morgan fingerprint density at radius 2 is 1.63 bits per heavy atom. The topological polar surface area (TPSA) is 128 Å². The summed E-state index contributed by atoms with van der Waals surface area (Å²) in [5.41, 5.74) is 4.65. The fourth-order valence-corrected chi connectivity index (χ4v) is 2.73. The summed E-state index contributed by atoms with van der Waals surface area (Å²) >= 11 is 5.82. The molecule has 0 saturated heterocycles. The summed E-state index contributed by atoms with van der Waals surface area (Å²) in [4.78, 5) is 16.7. The van der Waals surface area contributed by atoms with Crippen molar-refractivity contribution >= 4 is 46.2 Å². The second kappa shape index (κ2) is 8.13. The second-order valence-electron chi connectivity index (χ2n) is 6.01. The van der Waals surface area contributed by atoms with Gasteiger partial charge in [0, 0.05) is 5.69 Å². The SMILES string of the molecule is Oc1ccc(/C=N/Nc2ncnc3c(Nc4ccc(F)c(Cl)c4)ncnc23)cc1O. The average Bonchev–Trinajstić information content (AvgIpc) is 2.74. The summed E-state index contributed by atoms with van der Waals surface area (Å²) in [6, 6.07) is 8.48. The highest BCUT2D eigenvalue weighted by Crippen LogP contribution is 2.27. The molecule has 0 atom stereocenters. The Balaban J connectivity index is 1.60. The van der Waals surface area contributed by atoms with Gasteiger partial charge in [-0.2, -0.15) is 5.10 Å². The Morgan fingerprint density at radius 3 is 2.37 bits per heavy atom. The average molecular weight is 426 g/mol. The van der Waals surface area contributed by atoms with E-state index in [1.165, 1.54) is 49.2 Å². The zero-order valence-corrected chi connectivity index (χ0v) is 15.8. The van der Waals surface area contributed by atoms with Crippen LogP contribution >= 0.6 is 11.6 Å². The van der Waals surface area contributed by atoms with E-state index >= 15 is 0 Å². The summed E-state index contributed by atoms with van der Waals surface area (Å²) in [5, 5.41) is 26.0. The lowest BCUT2D eigenvalue weighted by atomic mass is 10.2. The Bertz CT molecular complexity index is 1270. The van der Waals surface area contributed by atoms with Crippen molar-refractivity contribution in [3.63, 3.8) is 0 Å². The highest BCUT2D eigenvalue weighted by Gasteiger charge is 2.11. The molecule has 2 aromatic carbocycles. The lowest BCUT2D eigenvalue weighted by molar-refractivity contribution is 0.403. The standard InChI is InChI=1S/C19H13ClFN7O2/c20-12-6-11(2-3-13(12)21)27-18-16-17(23-8-24-18)19(25-9-22-16)28-26-7-10-1-4-14(29)15(30)5-10/h1-9,29-30H,(H,22,25,28)(H,23,24,27)/b26-7+. The number of hydrazone groups is 1. The van der Waals surface area contributed by atoms with Crippen molar-refractivity contribution in [2.45, 2.75) is 0 Å². The van der Waals surface area contributed by atoms with Crippen LogP contribution < -0.4 is 10.7 Å². The van der Waals surface area contributed by atoms with Crippen LogP contribution in [0.25, 0.3) is 11.0 Å². The maximum Gasteiger partial charge on any atom is 0.176 e. The van der Waals surface area contributed by atoms with Gasteiger partial charge in [0.1, 0.15) is 29.5 Å². The normalized spacial score (nSPS) is 11.1. The minimum Gasteiger partial charge on any atom is -0.504 e. The van der Waals surface area contributed by atoms with Gasteiger partial charge in [-0.1, -0.05) is 11.6 Å². The fraction of sp³-hybridized carbons (Fsp3) is 0. The molecule has 0 saturated carbocycles. The minimum atomic E-state index is -0.525. The third-order valence-electron chi connectivity index (χ3n) is 3.99. The van der Waals surface area contributed by atoms with Crippen molar-refractivity contribution in [3.05, 3.63) is 65.5 Å². The Kier molecular flexibility index (Phi) is 5.22. The zero-order chi connectivity index (χ0) is 21.1. The van der Waals surface area contributed by atoms with Crippen molar-refractivity contribution in [1.82, 2.24) is 19.9 Å². The van der Waals surface area contributed by atoms with E-state index in [2.05, 4.69) is 35.8 Å². The van der Waals surface area contributed by atoms with Gasteiger partial charge in [0.05, 0.1) is 11.2 Å². The highest BCUT2D eigenvalue weighted by molar-refractivity contribution is 6.31. The van der Waals surface area contributed by atoms with E-state index in [0.717, 1.165) is 0 Å². The van der Waals surface area contributed by atoms with Crippen molar-refractivity contribution in [2.24, 2.45) is 5.10 Å². The number of rotatable bonds is 5. The van der Waals surface area contributed by atoms with Gasteiger partial charge < -0.3 is 15.5 Å². The molecule has 0 aliphatic rings. The molecule has 0 aliphatic heterocycles. The third kappa shape index (κ3) is 4.03. The maximum atomic E-state index is 13.4. The number of anilines is 3. The molecule has 0 aliphatic carbocycles. The van der Waals surface area contributed by atoms with Crippen LogP contribution in [0.2, 0.25) is 5.02 Å². The molecule has 4 aromatic rings. The first-order chi connectivity index (χ1) is 14.5. The Morgan fingerprint density at radius 1 is 0.900 bits per heavy atom. The first-order valence-corrected chi connectivity index (χ1v) is 8.88. The Labute approximate surface area is 173 Å². The van der Waals surface area contributed by atoms with E-state index < -0.39 is 5.82 Å². The molecule has 0 fully saturated rings. The largest absolute Gasteiger partial charge is 0.504 e. The number of fused-ring (bicyclic) bond motifs is 1. The van der Waals surface area contributed by atoms with Gasteiger partial charge in [-0.15, -0.1) is 0 Å². The van der Waals surface area contributed by atoms with Crippen molar-refractivity contribution in [3.8, 4) is 11.5 Å². The van der Waals surface area contributed by atoms with Gasteiger partial charge in [-0.25, -0.2) is 24.3 Å². The fourth-order valence-electron chi connectivity index (χ4n) is 2.55. The van der Waals surface area contributed by atoms with Crippen LogP contribution in [0.15, 0.2) is 54.2 Å². The molecule has 0 spiro atoms. The van der Waals surface area contributed by atoms with E-state index in [0.29, 0.717) is 33.9 Å². The number of phenolic OH excluding ortho intramolecular Hbond substituents is 2. The van der Waals surface area contributed by atoms with E-state index in [9.17, 15) is 14.6 Å². The summed E-state index contributed by atoms with van der Waals surface area (Å²) in [5.74, 6) is -0.303. The number of aromatic nitrogens is 4. The van der Waals surface area contributed by atoms with E-state index in [-0.39, 0.29) is 16.5 Å². The molecule has 0 radical (unpaired) electrons. The quantitative estimate of drug-likeness (QED) is 0.216. The molecule has 4 N–H and O–H groups in total. The summed E-state index contributed by atoms with van der Waals surface area (Å²) in [7, 11) is 0. The molecular weight excluding hydrogens is 413 g/mol. The van der Waals surface area contributed by atoms with Crippen LogP contribution in [0.4, 0.5) is 21.7 Å². The first kappa shape index (κ1) is 19.3. The molecular formula is C19H13ClFN7O2. The number of phenols is 2. The van der Waals surface area contributed by atoms with Crippen molar-refractivity contribution < 1.29 is 14.6 Å². The predicted molar refractivity (Wildman–Crippen MR) is 111 cm³/mol. The number of nitrogens with zero attached hydrogens (tertiary/aromatic N) is 5. The first-order valence-electron chi connectivity index (χ1n) is 8.50. The van der Waals surface area contributed by atoms with E-state index in [1.807, 2.05) is 0 Å². The molecule has 9 nitrogen and oxygen atoms in total. The number of aromatic hydroxyl groups is 2. The number of hydrogen-bond donors (Lipinski definition) is 4. The van der Waals surface area contributed by atoms with Crippen molar-refractivity contribution in [2.75, 3.05) is 10.7 Å². The van der Waals surface area contributed by atoms with Gasteiger partial charge in [0.25, 0.3) is 0 Å². The van der Waals surface area contributed by atoms with Crippen LogP contribution in [-0.4, -0.2) is 36.4 Å². The van der Waals surface area contributed by atoms with Crippen LogP contribution in [-0.2, 0) is 0 Å². The molecule has 11 heteroatoms. The third-order valence-corrected chi connectivity index (χ3v) is 4.28. The zero-order valence-electron chi connectivity index (χ0n) is 15.1. The lowest BCUT2D eigenvalue weighted by Crippen LogP contribution is -2.02. The van der Waals surface area contributed by atoms with Gasteiger partial charge in [-0.3, -0.25) is 5.43 Å². The highest BCUT2D eigenvalue weighted by atomic mass is 35.5. The smallest absolute Gasteiger partial charge is 0.176 e. The molecule has 150 valence electrons. The minimum absolute atomic E-state index is 0.0232. The monoisotopic (exact) mass is 425 g/mol. The summed E-state index contributed by atoms with van der Waals surface area (Å²) in [6.45, 7) is 0. The molecule has 0 unspecified atom stereocenters. The van der Waals surface area contributed by atoms with E-state index in [1.54, 1.807) is 6.07 Å². The van der Waals surface area contributed by atoms with E-state index in [4.69, 9.17) is 11.6 Å². The Hall–Kier alpha value is -4.05. The molecule has 4 rings (SSSR count). The summed E-state index contributed by atoms with van der Waals surface area (Å²) in [6.07, 6.45) is 4.08. The van der Waals surface area contributed by atoms with Gasteiger partial charge in [0.15, 0.2) is 23.1 Å². The lowest BCUT2D eigenvalue weighted by Gasteiger charge is -2.09. The second-order valence-corrected chi connectivity index (χ2v) is 6.42. The molecule has 0 amide bonds. The van der Waals surface area contributed by atoms with Crippen LogP contribution in [0.1, 0.15) is 5.56 Å². The number of hydrogen-bond acceptors (Lipinski definition) is 9. The molecule has 2 heterocycles. The summed E-state index contributed by atoms with van der Waals surface area (Å²) < 4.78 is 13.4. The van der Waals surface area contributed by atoms with Gasteiger partial charge in [0.2, 0.25) is 0 Å². The maximum absolute atomic E-state index is 13.4. The van der Waals surface area contributed by atoms with Crippen LogP contribution in [0.5, 0.6) is 11.5 Å².